The van der Waals surface area contributed by atoms with Crippen LogP contribution in [0.1, 0.15) is 52.4 Å². The standard InChI is InChI=1S/C16H27NO/c1-4-10(2)16(18)17(3)15-13-6-11-5-12(8-13)9-14(15)7-11/h10-15H,4-9H2,1-3H3. The Bertz CT molecular complexity index is 310. The second-order valence-electron chi connectivity index (χ2n) is 7.18. The van der Waals surface area contributed by atoms with Crippen molar-refractivity contribution in [1.29, 1.82) is 0 Å². The van der Waals surface area contributed by atoms with Crippen LogP contribution in [0.25, 0.3) is 0 Å². The average Bonchev–Trinajstić information content (AvgIpc) is 2.35. The van der Waals surface area contributed by atoms with E-state index in [0.29, 0.717) is 11.9 Å². The van der Waals surface area contributed by atoms with Gasteiger partial charge in [0.1, 0.15) is 0 Å². The first-order valence-electron chi connectivity index (χ1n) is 7.86. The van der Waals surface area contributed by atoms with Crippen molar-refractivity contribution in [1.82, 2.24) is 4.90 Å². The topological polar surface area (TPSA) is 20.3 Å². The fourth-order valence-corrected chi connectivity index (χ4v) is 5.20. The molecule has 0 radical (unpaired) electrons. The van der Waals surface area contributed by atoms with Gasteiger partial charge in [-0.25, -0.2) is 0 Å². The molecule has 0 saturated heterocycles. The lowest BCUT2D eigenvalue weighted by molar-refractivity contribution is -0.145. The van der Waals surface area contributed by atoms with Crippen molar-refractivity contribution in [3.63, 3.8) is 0 Å². The van der Waals surface area contributed by atoms with Crippen LogP contribution >= 0.6 is 0 Å². The number of carbonyl (C=O) groups excluding carboxylic acids is 1. The maximum absolute atomic E-state index is 12.4. The normalized spacial score (nSPS) is 42.9. The van der Waals surface area contributed by atoms with Gasteiger partial charge in [-0.3, -0.25) is 4.79 Å². The monoisotopic (exact) mass is 249 g/mol. The molecule has 0 heterocycles. The molecule has 1 amide bonds. The molecule has 0 aromatic rings. The summed E-state index contributed by atoms with van der Waals surface area (Å²) in [6.07, 6.45) is 8.05. The second kappa shape index (κ2) is 4.54. The van der Waals surface area contributed by atoms with Crippen LogP contribution in [0.2, 0.25) is 0 Å². The third kappa shape index (κ3) is 1.88. The van der Waals surface area contributed by atoms with Gasteiger partial charge in [-0.2, -0.15) is 0 Å². The molecular weight excluding hydrogens is 222 g/mol. The van der Waals surface area contributed by atoms with Gasteiger partial charge in [0.2, 0.25) is 5.91 Å². The largest absolute Gasteiger partial charge is 0.342 e. The van der Waals surface area contributed by atoms with Crippen molar-refractivity contribution in [3.8, 4) is 0 Å². The van der Waals surface area contributed by atoms with E-state index in [4.69, 9.17) is 0 Å². The lowest BCUT2D eigenvalue weighted by atomic mass is 9.54. The van der Waals surface area contributed by atoms with E-state index >= 15 is 0 Å². The maximum Gasteiger partial charge on any atom is 0.225 e. The highest BCUT2D eigenvalue weighted by Crippen LogP contribution is 2.55. The Morgan fingerprint density at radius 1 is 1.11 bits per heavy atom. The molecular formula is C16H27NO. The van der Waals surface area contributed by atoms with Gasteiger partial charge in [0, 0.05) is 19.0 Å². The summed E-state index contributed by atoms with van der Waals surface area (Å²) in [5.74, 6) is 4.22. The molecule has 1 atom stereocenters. The second-order valence-corrected chi connectivity index (χ2v) is 7.18. The Morgan fingerprint density at radius 3 is 2.06 bits per heavy atom. The molecule has 4 aliphatic carbocycles. The number of carbonyl (C=O) groups is 1. The Hall–Kier alpha value is -0.530. The minimum absolute atomic E-state index is 0.201. The number of amides is 1. The van der Waals surface area contributed by atoms with Crippen LogP contribution < -0.4 is 0 Å². The van der Waals surface area contributed by atoms with Crippen LogP contribution in [-0.4, -0.2) is 23.9 Å². The molecule has 1 unspecified atom stereocenters. The zero-order valence-corrected chi connectivity index (χ0v) is 12.1. The molecule has 0 aromatic heterocycles. The molecule has 0 aliphatic heterocycles. The van der Waals surface area contributed by atoms with Gasteiger partial charge in [-0.05, 0) is 62.2 Å². The third-order valence-electron chi connectivity index (χ3n) is 6.01. The highest BCUT2D eigenvalue weighted by atomic mass is 16.2. The third-order valence-corrected chi connectivity index (χ3v) is 6.01. The van der Waals surface area contributed by atoms with Gasteiger partial charge in [0.15, 0.2) is 0 Å². The summed E-state index contributed by atoms with van der Waals surface area (Å²) in [5, 5.41) is 0. The van der Waals surface area contributed by atoms with Gasteiger partial charge in [0.25, 0.3) is 0 Å². The average molecular weight is 249 g/mol. The van der Waals surface area contributed by atoms with Crippen LogP contribution in [0.15, 0.2) is 0 Å². The Morgan fingerprint density at radius 2 is 1.61 bits per heavy atom. The highest BCUT2D eigenvalue weighted by molar-refractivity contribution is 5.78. The molecule has 0 N–H and O–H groups in total. The lowest BCUT2D eigenvalue weighted by Crippen LogP contribution is -2.57. The Balaban J connectivity index is 1.74. The van der Waals surface area contributed by atoms with Crippen LogP contribution in [0.5, 0.6) is 0 Å². The van der Waals surface area contributed by atoms with E-state index in [2.05, 4.69) is 25.8 Å². The summed E-state index contributed by atoms with van der Waals surface area (Å²) < 4.78 is 0. The predicted octanol–water partition coefficient (Wildman–Crippen LogP) is 3.32. The first-order valence-corrected chi connectivity index (χ1v) is 7.86. The van der Waals surface area contributed by atoms with Crippen molar-refractivity contribution in [2.24, 2.45) is 29.6 Å². The minimum atomic E-state index is 0.201. The molecule has 4 saturated carbocycles. The van der Waals surface area contributed by atoms with E-state index in [1.54, 1.807) is 0 Å². The molecule has 4 rings (SSSR count). The molecule has 0 aromatic carbocycles. The highest BCUT2D eigenvalue weighted by Gasteiger charge is 2.50. The maximum atomic E-state index is 12.4. The molecule has 2 heteroatoms. The molecule has 102 valence electrons. The summed E-state index contributed by atoms with van der Waals surface area (Å²) in [4.78, 5) is 14.6. The van der Waals surface area contributed by atoms with E-state index in [1.807, 2.05) is 0 Å². The number of rotatable bonds is 3. The zero-order valence-electron chi connectivity index (χ0n) is 12.1. The van der Waals surface area contributed by atoms with E-state index < -0.39 is 0 Å². The van der Waals surface area contributed by atoms with Gasteiger partial charge < -0.3 is 4.90 Å². The molecule has 4 bridgehead atoms. The molecule has 4 fully saturated rings. The summed E-state index contributed by atoms with van der Waals surface area (Å²) in [5.41, 5.74) is 0. The quantitative estimate of drug-likeness (QED) is 0.751. The zero-order chi connectivity index (χ0) is 12.9. The van der Waals surface area contributed by atoms with Crippen LogP contribution in [-0.2, 0) is 4.79 Å². The van der Waals surface area contributed by atoms with Crippen molar-refractivity contribution < 1.29 is 4.79 Å². The fourth-order valence-electron chi connectivity index (χ4n) is 5.20. The fraction of sp³-hybridized carbons (Fsp3) is 0.938. The van der Waals surface area contributed by atoms with E-state index in [-0.39, 0.29) is 5.92 Å². The Kier molecular flexibility index (Phi) is 3.15. The first kappa shape index (κ1) is 12.5. The smallest absolute Gasteiger partial charge is 0.225 e. The summed E-state index contributed by atoms with van der Waals surface area (Å²) in [6, 6.07) is 0.569. The van der Waals surface area contributed by atoms with E-state index in [0.717, 1.165) is 30.1 Å². The molecule has 18 heavy (non-hydrogen) atoms. The lowest BCUT2D eigenvalue weighted by Gasteiger charge is -2.56. The van der Waals surface area contributed by atoms with Gasteiger partial charge >= 0.3 is 0 Å². The minimum Gasteiger partial charge on any atom is -0.342 e. The predicted molar refractivity (Wildman–Crippen MR) is 73.1 cm³/mol. The summed E-state index contributed by atoms with van der Waals surface area (Å²) in [6.45, 7) is 4.20. The summed E-state index contributed by atoms with van der Waals surface area (Å²) >= 11 is 0. The van der Waals surface area contributed by atoms with Crippen LogP contribution in [0.4, 0.5) is 0 Å². The number of hydrogen-bond donors (Lipinski definition) is 0. The molecule has 0 spiro atoms. The van der Waals surface area contributed by atoms with Crippen molar-refractivity contribution in [3.05, 3.63) is 0 Å². The van der Waals surface area contributed by atoms with Crippen LogP contribution in [0, 0.1) is 29.6 Å². The van der Waals surface area contributed by atoms with Crippen molar-refractivity contribution in [2.45, 2.75) is 58.4 Å². The van der Waals surface area contributed by atoms with E-state index in [1.165, 1.54) is 32.1 Å². The SMILES string of the molecule is CCC(C)C(=O)N(C)C1C2CC3CC(C2)CC1C3. The molecule has 2 nitrogen and oxygen atoms in total. The van der Waals surface area contributed by atoms with Crippen LogP contribution in [0.3, 0.4) is 0 Å². The first-order chi connectivity index (χ1) is 8.60. The van der Waals surface area contributed by atoms with Crippen molar-refractivity contribution >= 4 is 5.91 Å². The van der Waals surface area contributed by atoms with Gasteiger partial charge in [-0.1, -0.05) is 13.8 Å². The number of nitrogens with zero attached hydrogens (tertiary/aromatic N) is 1. The van der Waals surface area contributed by atoms with E-state index in [9.17, 15) is 4.79 Å². The molecule has 4 aliphatic rings. The van der Waals surface area contributed by atoms with Crippen molar-refractivity contribution in [2.75, 3.05) is 7.05 Å². The summed E-state index contributed by atoms with van der Waals surface area (Å²) in [7, 11) is 2.07. The van der Waals surface area contributed by atoms with Gasteiger partial charge in [0.05, 0.1) is 0 Å². The number of hydrogen-bond acceptors (Lipinski definition) is 1. The Labute approximate surface area is 111 Å². The van der Waals surface area contributed by atoms with Gasteiger partial charge in [-0.15, -0.1) is 0 Å².